The van der Waals surface area contributed by atoms with Gasteiger partial charge in [0.05, 0.1) is 0 Å². The minimum Gasteiger partial charge on any atom is -0.368 e. The molecule has 162 valence electrons. The summed E-state index contributed by atoms with van der Waals surface area (Å²) in [7, 11) is 3.49. The van der Waals surface area contributed by atoms with Gasteiger partial charge in [-0.25, -0.2) is 0 Å². The second-order valence-corrected chi connectivity index (χ2v) is 7.32. The van der Waals surface area contributed by atoms with Gasteiger partial charge in [-0.2, -0.15) is 0 Å². The Kier molecular flexibility index (Phi) is 9.42. The Morgan fingerprint density at radius 1 is 1.07 bits per heavy atom. The average molecular weight is 521 g/mol. The maximum atomic E-state index is 11.8. The molecule has 1 aliphatic heterocycles. The third kappa shape index (κ3) is 6.35. The molecule has 1 aliphatic rings. The van der Waals surface area contributed by atoms with Gasteiger partial charge in [-0.1, -0.05) is 24.3 Å². The molecule has 30 heavy (non-hydrogen) atoms. The zero-order chi connectivity index (χ0) is 20.6. The van der Waals surface area contributed by atoms with Crippen molar-refractivity contribution in [1.29, 1.82) is 0 Å². The molecule has 6 nitrogen and oxygen atoms in total. The van der Waals surface area contributed by atoms with Crippen molar-refractivity contribution in [1.82, 2.24) is 15.5 Å². The number of piperazine rings is 1. The van der Waals surface area contributed by atoms with Crippen LogP contribution in [0.15, 0.2) is 53.5 Å². The number of benzene rings is 2. The molecule has 0 aliphatic carbocycles. The zero-order valence-electron chi connectivity index (χ0n) is 18.0. The molecule has 2 aromatic rings. The minimum atomic E-state index is -0.0536. The Bertz CT molecular complexity index is 862. The number of aliphatic imine (C=N–C) groups is 1. The Hall–Kier alpha value is -2.29. The summed E-state index contributed by atoms with van der Waals surface area (Å²) in [5, 5.41) is 6.14. The van der Waals surface area contributed by atoms with Crippen LogP contribution in [0.1, 0.15) is 21.5 Å². The first kappa shape index (κ1) is 24.0. The van der Waals surface area contributed by atoms with Gasteiger partial charge in [-0.3, -0.25) is 9.79 Å². The van der Waals surface area contributed by atoms with Crippen molar-refractivity contribution in [2.24, 2.45) is 4.99 Å². The number of carbonyl (C=O) groups excluding carboxylic acids is 1. The van der Waals surface area contributed by atoms with Gasteiger partial charge in [-0.15, -0.1) is 24.0 Å². The van der Waals surface area contributed by atoms with Crippen molar-refractivity contribution < 1.29 is 4.79 Å². The van der Waals surface area contributed by atoms with E-state index in [1.165, 1.54) is 11.3 Å². The molecular weight excluding hydrogens is 489 g/mol. The van der Waals surface area contributed by atoms with Crippen LogP contribution in [-0.4, -0.2) is 63.6 Å². The van der Waals surface area contributed by atoms with Crippen molar-refractivity contribution >= 4 is 41.5 Å². The summed E-state index contributed by atoms with van der Waals surface area (Å²) in [6, 6.07) is 16.5. The summed E-state index contributed by atoms with van der Waals surface area (Å²) in [5.41, 5.74) is 4.42. The van der Waals surface area contributed by atoms with Gasteiger partial charge in [0, 0.05) is 58.1 Å². The Morgan fingerprint density at radius 3 is 2.47 bits per heavy atom. The van der Waals surface area contributed by atoms with Crippen molar-refractivity contribution in [3.05, 3.63) is 65.2 Å². The van der Waals surface area contributed by atoms with Gasteiger partial charge >= 0.3 is 0 Å². The van der Waals surface area contributed by atoms with Gasteiger partial charge in [-0.05, 0) is 48.7 Å². The van der Waals surface area contributed by atoms with Gasteiger partial charge in [0.2, 0.25) is 0 Å². The van der Waals surface area contributed by atoms with Crippen molar-refractivity contribution in [3.63, 3.8) is 0 Å². The first-order valence-electron chi connectivity index (χ1n) is 10.2. The van der Waals surface area contributed by atoms with E-state index in [4.69, 9.17) is 0 Å². The lowest BCUT2D eigenvalue weighted by Crippen LogP contribution is -2.52. The number of nitrogens with one attached hydrogen (secondary N) is 2. The normalized spacial score (nSPS) is 14.2. The Morgan fingerprint density at radius 2 is 1.80 bits per heavy atom. The van der Waals surface area contributed by atoms with Crippen molar-refractivity contribution in [3.8, 4) is 0 Å². The van der Waals surface area contributed by atoms with E-state index in [0.29, 0.717) is 5.56 Å². The lowest BCUT2D eigenvalue weighted by molar-refractivity contribution is 0.0963. The number of hydrogen-bond donors (Lipinski definition) is 2. The zero-order valence-corrected chi connectivity index (χ0v) is 20.3. The summed E-state index contributed by atoms with van der Waals surface area (Å²) >= 11 is 0. The number of hydrogen-bond acceptors (Lipinski definition) is 3. The van der Waals surface area contributed by atoms with E-state index >= 15 is 0 Å². The fourth-order valence-electron chi connectivity index (χ4n) is 3.66. The van der Waals surface area contributed by atoms with Crippen LogP contribution in [0.3, 0.4) is 0 Å². The SMILES string of the molecule is CN=C(NCCc1cccc(C(=O)NC)c1)N1CCN(c2cccc(C)c2)CC1.I. The Labute approximate surface area is 196 Å². The number of guanidine groups is 1. The molecule has 2 aromatic carbocycles. The van der Waals surface area contributed by atoms with Crippen LogP contribution in [0.2, 0.25) is 0 Å². The summed E-state index contributed by atoms with van der Waals surface area (Å²) in [6.07, 6.45) is 0.840. The summed E-state index contributed by atoms with van der Waals surface area (Å²) in [5.74, 6) is 0.887. The molecule has 1 amide bonds. The van der Waals surface area contributed by atoms with Crippen LogP contribution in [0.4, 0.5) is 5.69 Å². The first-order valence-corrected chi connectivity index (χ1v) is 10.2. The number of amides is 1. The topological polar surface area (TPSA) is 60.0 Å². The van der Waals surface area contributed by atoms with Gasteiger partial charge in [0.1, 0.15) is 0 Å². The molecule has 1 heterocycles. The fraction of sp³-hybridized carbons (Fsp3) is 0.391. The molecule has 7 heteroatoms. The molecule has 0 atom stereocenters. The summed E-state index contributed by atoms with van der Waals surface area (Å²) in [4.78, 5) is 21.0. The fourth-order valence-corrected chi connectivity index (χ4v) is 3.66. The van der Waals surface area contributed by atoms with Crippen LogP contribution in [0.25, 0.3) is 0 Å². The van der Waals surface area contributed by atoms with Crippen LogP contribution in [0.5, 0.6) is 0 Å². The number of rotatable bonds is 5. The second-order valence-electron chi connectivity index (χ2n) is 7.32. The molecule has 3 rings (SSSR count). The molecule has 1 fully saturated rings. The van der Waals surface area contributed by atoms with E-state index in [9.17, 15) is 4.79 Å². The maximum absolute atomic E-state index is 11.8. The molecule has 0 radical (unpaired) electrons. The quantitative estimate of drug-likeness (QED) is 0.361. The maximum Gasteiger partial charge on any atom is 0.251 e. The van der Waals surface area contributed by atoms with Crippen molar-refractivity contribution in [2.45, 2.75) is 13.3 Å². The highest BCUT2D eigenvalue weighted by Crippen LogP contribution is 2.17. The summed E-state index contributed by atoms with van der Waals surface area (Å²) in [6.45, 7) is 6.77. The Balaban J connectivity index is 0.00000320. The minimum absolute atomic E-state index is 0. The number of halogens is 1. The third-order valence-corrected chi connectivity index (χ3v) is 5.27. The molecular formula is C23H32IN5O. The first-order chi connectivity index (χ1) is 14.1. The highest BCUT2D eigenvalue weighted by molar-refractivity contribution is 14.0. The highest BCUT2D eigenvalue weighted by Gasteiger charge is 2.19. The van der Waals surface area contributed by atoms with E-state index in [1.54, 1.807) is 7.05 Å². The lowest BCUT2D eigenvalue weighted by Gasteiger charge is -2.37. The number of aryl methyl sites for hydroxylation is 1. The molecule has 1 saturated heterocycles. The van der Waals surface area contributed by atoms with Gasteiger partial charge in [0.15, 0.2) is 5.96 Å². The van der Waals surface area contributed by atoms with E-state index in [-0.39, 0.29) is 29.9 Å². The second kappa shape index (κ2) is 11.8. The predicted octanol–water partition coefficient (Wildman–Crippen LogP) is 2.91. The number of anilines is 1. The largest absolute Gasteiger partial charge is 0.368 e. The van der Waals surface area contributed by atoms with Crippen LogP contribution in [0, 0.1) is 6.92 Å². The van der Waals surface area contributed by atoms with Crippen LogP contribution >= 0.6 is 24.0 Å². The average Bonchev–Trinajstić information content (AvgIpc) is 2.76. The van der Waals surface area contributed by atoms with Crippen LogP contribution < -0.4 is 15.5 Å². The van der Waals surface area contributed by atoms with E-state index in [0.717, 1.165) is 50.7 Å². The monoisotopic (exact) mass is 521 g/mol. The number of carbonyl (C=O) groups is 1. The van der Waals surface area contributed by atoms with Gasteiger partial charge in [0.25, 0.3) is 5.91 Å². The molecule has 2 N–H and O–H groups in total. The van der Waals surface area contributed by atoms with Crippen LogP contribution in [-0.2, 0) is 6.42 Å². The predicted molar refractivity (Wildman–Crippen MR) is 135 cm³/mol. The third-order valence-electron chi connectivity index (χ3n) is 5.27. The molecule has 0 bridgehead atoms. The molecule has 0 aromatic heterocycles. The smallest absolute Gasteiger partial charge is 0.251 e. The highest BCUT2D eigenvalue weighted by atomic mass is 127. The van der Waals surface area contributed by atoms with E-state index in [1.807, 2.05) is 25.2 Å². The van der Waals surface area contributed by atoms with E-state index < -0.39 is 0 Å². The van der Waals surface area contributed by atoms with Gasteiger partial charge < -0.3 is 20.4 Å². The van der Waals surface area contributed by atoms with Crippen molar-refractivity contribution in [2.75, 3.05) is 51.7 Å². The number of nitrogens with zero attached hydrogens (tertiary/aromatic N) is 3. The summed E-state index contributed by atoms with van der Waals surface area (Å²) < 4.78 is 0. The molecule has 0 spiro atoms. The molecule has 0 unspecified atom stereocenters. The standard InChI is InChI=1S/C23H31N5O.HI/c1-18-6-4-9-21(16-18)27-12-14-28(15-13-27)23(25-3)26-11-10-19-7-5-8-20(17-19)22(29)24-2;/h4-9,16-17H,10-15H2,1-3H3,(H,24,29)(H,25,26);1H. The lowest BCUT2D eigenvalue weighted by atomic mass is 10.1. The molecule has 0 saturated carbocycles. The van der Waals surface area contributed by atoms with E-state index in [2.05, 4.69) is 62.7 Å².